The number of pyridine rings is 3. The molecule has 0 bridgehead atoms. The molecule has 3 aromatic heterocycles. The quantitative estimate of drug-likeness (QED) is 0.630. The molecule has 1 fully saturated rings. The number of aromatic hydroxyl groups is 1. The summed E-state index contributed by atoms with van der Waals surface area (Å²) in [5.41, 5.74) is 2.21. The van der Waals surface area contributed by atoms with Gasteiger partial charge < -0.3 is 20.4 Å². The van der Waals surface area contributed by atoms with E-state index < -0.39 is 5.91 Å². The van der Waals surface area contributed by atoms with Crippen LogP contribution in [0.15, 0.2) is 36.7 Å². The number of aromatic nitrogens is 3. The largest absolute Gasteiger partial charge is 0.505 e. The Balaban J connectivity index is 1.53. The minimum atomic E-state index is -0.466. The third-order valence-electron chi connectivity index (χ3n) is 4.83. The van der Waals surface area contributed by atoms with Gasteiger partial charge in [0.25, 0.3) is 5.91 Å². The summed E-state index contributed by atoms with van der Waals surface area (Å²) >= 11 is 0. The molecule has 4 rings (SSSR count). The van der Waals surface area contributed by atoms with Crippen molar-refractivity contribution in [2.24, 2.45) is 0 Å². The molecular weight excluding hydrogens is 358 g/mol. The summed E-state index contributed by atoms with van der Waals surface area (Å²) in [4.78, 5) is 27.2. The van der Waals surface area contributed by atoms with E-state index in [1.165, 1.54) is 6.20 Å². The fourth-order valence-electron chi connectivity index (χ4n) is 3.24. The molecule has 1 amide bonds. The lowest BCUT2D eigenvalue weighted by Gasteiger charge is -2.17. The Hall–Kier alpha value is -3.26. The van der Waals surface area contributed by atoms with Crippen molar-refractivity contribution in [2.45, 2.75) is 26.0 Å². The zero-order valence-electron chi connectivity index (χ0n) is 15.5. The first-order valence-electron chi connectivity index (χ1n) is 9.13. The molecule has 0 unspecified atom stereocenters. The average Bonchev–Trinajstić information content (AvgIpc) is 3.14. The molecule has 0 radical (unpaired) electrons. The van der Waals surface area contributed by atoms with E-state index in [9.17, 15) is 15.0 Å². The monoisotopic (exact) mass is 379 g/mol. The summed E-state index contributed by atoms with van der Waals surface area (Å²) in [6.07, 6.45) is 3.54. The van der Waals surface area contributed by atoms with Crippen molar-refractivity contribution in [1.29, 1.82) is 0 Å². The number of aliphatic hydroxyl groups is 1. The lowest BCUT2D eigenvalue weighted by molar-refractivity contribution is 0.0943. The maximum absolute atomic E-state index is 12.5. The van der Waals surface area contributed by atoms with Gasteiger partial charge in [-0.1, -0.05) is 6.07 Å². The second-order valence-corrected chi connectivity index (χ2v) is 6.94. The van der Waals surface area contributed by atoms with Crippen LogP contribution in [0.3, 0.4) is 0 Å². The van der Waals surface area contributed by atoms with Crippen molar-refractivity contribution in [1.82, 2.24) is 20.3 Å². The van der Waals surface area contributed by atoms with Gasteiger partial charge in [0.05, 0.1) is 17.8 Å². The Morgan fingerprint density at radius 2 is 2.11 bits per heavy atom. The highest BCUT2D eigenvalue weighted by Crippen LogP contribution is 2.29. The Bertz CT molecular complexity index is 1020. The fraction of sp³-hybridized carbons (Fsp3) is 0.300. The molecule has 3 aromatic rings. The van der Waals surface area contributed by atoms with Gasteiger partial charge in [-0.2, -0.15) is 0 Å². The smallest absolute Gasteiger partial charge is 0.274 e. The van der Waals surface area contributed by atoms with E-state index in [2.05, 4.69) is 20.3 Å². The summed E-state index contributed by atoms with van der Waals surface area (Å²) in [6.45, 7) is 3.45. The number of fused-ring (bicyclic) bond motifs is 1. The van der Waals surface area contributed by atoms with E-state index in [0.717, 1.165) is 17.8 Å². The molecule has 1 aliphatic rings. The van der Waals surface area contributed by atoms with Crippen LogP contribution < -0.4 is 10.2 Å². The number of aryl methyl sites for hydroxylation is 1. The molecule has 1 aliphatic heterocycles. The van der Waals surface area contributed by atoms with Gasteiger partial charge in [0.15, 0.2) is 11.4 Å². The van der Waals surface area contributed by atoms with Crippen LogP contribution in [0.2, 0.25) is 0 Å². The third-order valence-corrected chi connectivity index (χ3v) is 4.83. The first-order chi connectivity index (χ1) is 13.5. The number of carbonyl (C=O) groups is 1. The van der Waals surface area contributed by atoms with Gasteiger partial charge in [-0.3, -0.25) is 9.78 Å². The predicted molar refractivity (Wildman–Crippen MR) is 104 cm³/mol. The van der Waals surface area contributed by atoms with Gasteiger partial charge in [-0.25, -0.2) is 9.97 Å². The number of aliphatic hydroxyl groups excluding tert-OH is 1. The number of rotatable bonds is 4. The Morgan fingerprint density at radius 1 is 1.25 bits per heavy atom. The number of anilines is 1. The zero-order valence-corrected chi connectivity index (χ0v) is 15.5. The Labute approximate surface area is 161 Å². The van der Waals surface area contributed by atoms with Gasteiger partial charge in [-0.05, 0) is 37.1 Å². The van der Waals surface area contributed by atoms with E-state index in [1.807, 2.05) is 24.0 Å². The highest BCUT2D eigenvalue weighted by atomic mass is 16.3. The van der Waals surface area contributed by atoms with Gasteiger partial charge in [0, 0.05) is 36.9 Å². The number of β-amino-alcohol motifs (C(OH)–C–C–N with tert-alkyl or cyclic N) is 1. The van der Waals surface area contributed by atoms with E-state index >= 15 is 0 Å². The summed E-state index contributed by atoms with van der Waals surface area (Å²) in [5.74, 6) is 0.0542. The first kappa shape index (κ1) is 18.1. The number of hydrogen-bond acceptors (Lipinski definition) is 7. The number of nitrogens with zero attached hydrogens (tertiary/aromatic N) is 4. The molecule has 0 spiro atoms. The van der Waals surface area contributed by atoms with Crippen molar-refractivity contribution in [3.63, 3.8) is 0 Å². The molecule has 0 aromatic carbocycles. The van der Waals surface area contributed by atoms with Crippen LogP contribution in [0.5, 0.6) is 5.75 Å². The second kappa shape index (κ2) is 7.40. The molecule has 3 N–H and O–H groups in total. The molecule has 8 nitrogen and oxygen atoms in total. The summed E-state index contributed by atoms with van der Waals surface area (Å²) < 4.78 is 0. The van der Waals surface area contributed by atoms with E-state index in [-0.39, 0.29) is 17.5 Å². The van der Waals surface area contributed by atoms with Crippen LogP contribution in [-0.4, -0.2) is 50.3 Å². The fourth-order valence-corrected chi connectivity index (χ4v) is 3.24. The van der Waals surface area contributed by atoms with Crippen molar-refractivity contribution in [3.05, 3.63) is 53.6 Å². The van der Waals surface area contributed by atoms with Crippen molar-refractivity contribution in [2.75, 3.05) is 18.0 Å². The summed E-state index contributed by atoms with van der Waals surface area (Å²) in [6, 6.07) is 7.26. The van der Waals surface area contributed by atoms with E-state index in [0.29, 0.717) is 36.2 Å². The maximum Gasteiger partial charge on any atom is 0.274 e. The Kier molecular flexibility index (Phi) is 4.79. The summed E-state index contributed by atoms with van der Waals surface area (Å²) in [7, 11) is 0. The van der Waals surface area contributed by atoms with E-state index in [1.54, 1.807) is 18.3 Å². The Morgan fingerprint density at radius 3 is 2.82 bits per heavy atom. The summed E-state index contributed by atoms with van der Waals surface area (Å²) in [5, 5.41) is 23.4. The molecule has 0 saturated carbocycles. The second-order valence-electron chi connectivity index (χ2n) is 6.94. The number of amides is 1. The molecule has 8 heteroatoms. The molecule has 1 atom stereocenters. The number of nitrogens with one attached hydrogen (secondary N) is 1. The minimum Gasteiger partial charge on any atom is -0.505 e. The van der Waals surface area contributed by atoms with Crippen LogP contribution in [0.25, 0.3) is 10.9 Å². The third kappa shape index (κ3) is 3.59. The van der Waals surface area contributed by atoms with Crippen molar-refractivity contribution >= 4 is 22.6 Å². The topological polar surface area (TPSA) is 111 Å². The lowest BCUT2D eigenvalue weighted by atomic mass is 10.2. The highest BCUT2D eigenvalue weighted by molar-refractivity contribution is 6.00. The van der Waals surface area contributed by atoms with Crippen LogP contribution in [0.1, 0.15) is 28.2 Å². The van der Waals surface area contributed by atoms with E-state index in [4.69, 9.17) is 0 Å². The van der Waals surface area contributed by atoms with Crippen LogP contribution >= 0.6 is 0 Å². The molecule has 1 saturated heterocycles. The predicted octanol–water partition coefficient (Wildman–Crippen LogP) is 1.54. The van der Waals surface area contributed by atoms with Crippen molar-refractivity contribution < 1.29 is 15.0 Å². The standard InChI is InChI=1S/C20H21N5O3/c1-12-2-3-13(8-21-12)9-23-20(28)18-19(27)15-4-5-17(24-16(15)10-22-18)25-7-6-14(26)11-25/h2-5,8,10,14,26-27H,6-7,9,11H2,1H3,(H,23,28)/t14-/m1/s1. The average molecular weight is 379 g/mol. The van der Waals surface area contributed by atoms with Crippen LogP contribution in [0.4, 0.5) is 5.82 Å². The number of hydrogen-bond donors (Lipinski definition) is 3. The first-order valence-corrected chi connectivity index (χ1v) is 9.13. The molecular formula is C20H21N5O3. The maximum atomic E-state index is 12.5. The van der Waals surface area contributed by atoms with Gasteiger partial charge >= 0.3 is 0 Å². The number of carbonyl (C=O) groups excluding carboxylic acids is 1. The van der Waals surface area contributed by atoms with Crippen LogP contribution in [0, 0.1) is 6.92 Å². The zero-order chi connectivity index (χ0) is 19.7. The molecule has 144 valence electrons. The van der Waals surface area contributed by atoms with Crippen LogP contribution in [-0.2, 0) is 6.54 Å². The van der Waals surface area contributed by atoms with Gasteiger partial charge in [-0.15, -0.1) is 0 Å². The SMILES string of the molecule is Cc1ccc(CNC(=O)c2ncc3nc(N4CC[C@@H](O)C4)ccc3c2O)cn1. The minimum absolute atomic E-state index is 0.0429. The highest BCUT2D eigenvalue weighted by Gasteiger charge is 2.22. The van der Waals surface area contributed by atoms with Crippen molar-refractivity contribution in [3.8, 4) is 5.75 Å². The molecule has 28 heavy (non-hydrogen) atoms. The normalized spacial score (nSPS) is 16.5. The molecule has 4 heterocycles. The molecule has 0 aliphatic carbocycles. The van der Waals surface area contributed by atoms with Gasteiger partial charge in [0.1, 0.15) is 5.82 Å². The van der Waals surface area contributed by atoms with Gasteiger partial charge in [0.2, 0.25) is 0 Å². The lowest BCUT2D eigenvalue weighted by Crippen LogP contribution is -2.24.